The Kier molecular flexibility index (Phi) is 7.67. The van der Waals surface area contributed by atoms with E-state index < -0.39 is 32.7 Å². The summed E-state index contributed by atoms with van der Waals surface area (Å²) >= 11 is 0. The van der Waals surface area contributed by atoms with Crippen molar-refractivity contribution < 1.29 is 27.1 Å². The third-order valence-electron chi connectivity index (χ3n) is 4.70. The topological polar surface area (TPSA) is 102 Å². The monoisotopic (exact) mass is 490 g/mol. The van der Waals surface area contributed by atoms with E-state index in [1.54, 1.807) is 0 Å². The molecule has 0 saturated carbocycles. The van der Waals surface area contributed by atoms with Crippen LogP contribution in [0.5, 0.6) is 5.75 Å². The lowest BCUT2D eigenvalue weighted by Gasteiger charge is -2.19. The Hall–Kier alpha value is -3.43. The molecule has 0 saturated heterocycles. The SMILES string of the molecule is COc1cc(NC(=O)[C@H](Cc2ccccc2)NC(=O)c2ccc(F)cc2)ccc1S(=O)(=O)Cl. The molecule has 0 aliphatic rings. The van der Waals surface area contributed by atoms with Crippen molar-refractivity contribution in [3.8, 4) is 5.75 Å². The Morgan fingerprint density at radius 3 is 2.30 bits per heavy atom. The van der Waals surface area contributed by atoms with Crippen LogP contribution in [0.25, 0.3) is 0 Å². The maximum Gasteiger partial charge on any atom is 0.264 e. The van der Waals surface area contributed by atoms with E-state index in [0.29, 0.717) is 0 Å². The molecule has 0 aliphatic carbocycles. The van der Waals surface area contributed by atoms with Crippen molar-refractivity contribution >= 4 is 37.2 Å². The van der Waals surface area contributed by atoms with Crippen molar-refractivity contribution in [1.82, 2.24) is 5.32 Å². The van der Waals surface area contributed by atoms with Gasteiger partial charge in [0, 0.05) is 34.4 Å². The minimum absolute atomic E-state index is 0.0437. The van der Waals surface area contributed by atoms with Gasteiger partial charge in [-0.1, -0.05) is 30.3 Å². The van der Waals surface area contributed by atoms with Crippen molar-refractivity contribution in [2.24, 2.45) is 0 Å². The Morgan fingerprint density at radius 2 is 1.70 bits per heavy atom. The smallest absolute Gasteiger partial charge is 0.264 e. The van der Waals surface area contributed by atoms with Crippen LogP contribution in [0.4, 0.5) is 10.1 Å². The molecule has 0 bridgehead atoms. The van der Waals surface area contributed by atoms with Gasteiger partial charge in [-0.25, -0.2) is 12.8 Å². The Labute approximate surface area is 195 Å². The second-order valence-electron chi connectivity index (χ2n) is 7.02. The number of hydrogen-bond acceptors (Lipinski definition) is 5. The van der Waals surface area contributed by atoms with Crippen LogP contribution in [0, 0.1) is 5.82 Å². The summed E-state index contributed by atoms with van der Waals surface area (Å²) in [5.41, 5.74) is 1.24. The predicted octanol–water partition coefficient (Wildman–Crippen LogP) is 3.74. The number of ether oxygens (including phenoxy) is 1. The van der Waals surface area contributed by atoms with Crippen LogP contribution in [-0.4, -0.2) is 33.4 Å². The zero-order chi connectivity index (χ0) is 24.0. The fourth-order valence-electron chi connectivity index (χ4n) is 3.08. The highest BCUT2D eigenvalue weighted by Crippen LogP contribution is 2.29. The molecule has 0 spiro atoms. The standard InChI is InChI=1S/C23H20ClFN2O5S/c1-32-20-14-18(11-12-21(20)33(24,30)31)26-23(29)19(13-15-5-3-2-4-6-15)27-22(28)16-7-9-17(25)10-8-16/h2-12,14,19H,13H2,1H3,(H,26,29)(H,27,28)/t19-/m0/s1. The van der Waals surface area contributed by atoms with Gasteiger partial charge in [0.05, 0.1) is 7.11 Å². The van der Waals surface area contributed by atoms with Crippen LogP contribution >= 0.6 is 10.7 Å². The second-order valence-corrected chi connectivity index (χ2v) is 9.55. The van der Waals surface area contributed by atoms with E-state index in [9.17, 15) is 22.4 Å². The molecule has 10 heteroatoms. The lowest BCUT2D eigenvalue weighted by atomic mass is 10.0. The first-order valence-electron chi connectivity index (χ1n) is 9.71. The normalized spacial score (nSPS) is 12.0. The van der Waals surface area contributed by atoms with Crippen LogP contribution < -0.4 is 15.4 Å². The predicted molar refractivity (Wildman–Crippen MR) is 122 cm³/mol. The molecule has 0 aliphatic heterocycles. The van der Waals surface area contributed by atoms with Crippen LogP contribution in [0.2, 0.25) is 0 Å². The summed E-state index contributed by atoms with van der Waals surface area (Å²) in [6.45, 7) is 0. The molecule has 7 nitrogen and oxygen atoms in total. The highest BCUT2D eigenvalue weighted by atomic mass is 35.7. The molecular weight excluding hydrogens is 471 g/mol. The quantitative estimate of drug-likeness (QED) is 0.468. The average molecular weight is 491 g/mol. The van der Waals surface area contributed by atoms with Crippen LogP contribution in [0.1, 0.15) is 15.9 Å². The van der Waals surface area contributed by atoms with Gasteiger partial charge in [0.25, 0.3) is 15.0 Å². The number of anilines is 1. The number of amides is 2. The van der Waals surface area contributed by atoms with Gasteiger partial charge in [-0.05, 0) is 42.0 Å². The molecule has 0 unspecified atom stereocenters. The van der Waals surface area contributed by atoms with Crippen molar-refractivity contribution in [3.05, 3.63) is 89.7 Å². The molecule has 0 aromatic heterocycles. The highest BCUT2D eigenvalue weighted by molar-refractivity contribution is 8.13. The van der Waals surface area contributed by atoms with E-state index in [-0.39, 0.29) is 28.3 Å². The molecule has 172 valence electrons. The number of rotatable bonds is 8. The van der Waals surface area contributed by atoms with Crippen molar-refractivity contribution in [2.45, 2.75) is 17.4 Å². The minimum Gasteiger partial charge on any atom is -0.495 e. The van der Waals surface area contributed by atoms with Gasteiger partial charge in [0.15, 0.2) is 0 Å². The molecule has 3 rings (SSSR count). The summed E-state index contributed by atoms with van der Waals surface area (Å²) in [5, 5.41) is 5.31. The van der Waals surface area contributed by atoms with Gasteiger partial charge >= 0.3 is 0 Å². The molecule has 2 N–H and O–H groups in total. The minimum atomic E-state index is -4.05. The molecule has 1 atom stereocenters. The number of halogens is 2. The van der Waals surface area contributed by atoms with Gasteiger partial charge in [0.1, 0.15) is 22.5 Å². The molecular formula is C23H20ClFN2O5S. The van der Waals surface area contributed by atoms with Crippen molar-refractivity contribution in [1.29, 1.82) is 0 Å². The molecule has 0 radical (unpaired) electrons. The van der Waals surface area contributed by atoms with E-state index in [2.05, 4.69) is 10.6 Å². The summed E-state index contributed by atoms with van der Waals surface area (Å²) in [7, 11) is 2.63. The van der Waals surface area contributed by atoms with E-state index in [1.165, 1.54) is 37.4 Å². The van der Waals surface area contributed by atoms with Gasteiger partial charge < -0.3 is 15.4 Å². The lowest BCUT2D eigenvalue weighted by molar-refractivity contribution is -0.118. The number of nitrogens with one attached hydrogen (secondary N) is 2. The zero-order valence-electron chi connectivity index (χ0n) is 17.4. The van der Waals surface area contributed by atoms with Crippen LogP contribution in [-0.2, 0) is 20.3 Å². The fourth-order valence-corrected chi connectivity index (χ4v) is 4.07. The fraction of sp³-hybridized carbons (Fsp3) is 0.130. The summed E-state index contributed by atoms with van der Waals surface area (Å²) in [6.07, 6.45) is 0.185. The number of methoxy groups -OCH3 is 1. The van der Waals surface area contributed by atoms with Crippen molar-refractivity contribution in [3.63, 3.8) is 0 Å². The average Bonchev–Trinajstić information content (AvgIpc) is 2.78. The molecule has 33 heavy (non-hydrogen) atoms. The highest BCUT2D eigenvalue weighted by Gasteiger charge is 2.23. The summed E-state index contributed by atoms with van der Waals surface area (Å²) in [6, 6.07) is 16.9. The van der Waals surface area contributed by atoms with E-state index in [1.807, 2.05) is 30.3 Å². The number of benzene rings is 3. The largest absolute Gasteiger partial charge is 0.495 e. The number of carbonyl (C=O) groups excluding carboxylic acids is 2. The van der Waals surface area contributed by atoms with Gasteiger partial charge in [0.2, 0.25) is 5.91 Å². The van der Waals surface area contributed by atoms with E-state index in [0.717, 1.165) is 17.7 Å². The zero-order valence-corrected chi connectivity index (χ0v) is 19.0. The third-order valence-corrected chi connectivity index (χ3v) is 6.07. The Morgan fingerprint density at radius 1 is 1.03 bits per heavy atom. The maximum absolute atomic E-state index is 13.2. The molecule has 0 heterocycles. The van der Waals surface area contributed by atoms with Crippen LogP contribution in [0.15, 0.2) is 77.7 Å². The maximum atomic E-state index is 13.2. The molecule has 2 amide bonds. The molecule has 3 aromatic carbocycles. The summed E-state index contributed by atoms with van der Waals surface area (Å²) in [5.74, 6) is -1.62. The number of carbonyl (C=O) groups is 2. The second kappa shape index (κ2) is 10.5. The first kappa shape index (κ1) is 24.2. The van der Waals surface area contributed by atoms with Gasteiger partial charge in [-0.2, -0.15) is 0 Å². The van der Waals surface area contributed by atoms with Crippen LogP contribution in [0.3, 0.4) is 0 Å². The first-order chi connectivity index (χ1) is 15.7. The third kappa shape index (κ3) is 6.53. The Bertz CT molecular complexity index is 1250. The lowest BCUT2D eigenvalue weighted by Crippen LogP contribution is -2.45. The first-order valence-corrected chi connectivity index (χ1v) is 12.0. The molecule has 0 fully saturated rings. The van der Waals surface area contributed by atoms with Gasteiger partial charge in [-0.3, -0.25) is 9.59 Å². The Balaban J connectivity index is 1.84. The van der Waals surface area contributed by atoms with Crippen molar-refractivity contribution in [2.75, 3.05) is 12.4 Å². The van der Waals surface area contributed by atoms with E-state index in [4.69, 9.17) is 15.4 Å². The van der Waals surface area contributed by atoms with E-state index >= 15 is 0 Å². The molecule has 3 aromatic rings. The summed E-state index contributed by atoms with van der Waals surface area (Å²) in [4.78, 5) is 25.5. The van der Waals surface area contributed by atoms with Gasteiger partial charge in [-0.15, -0.1) is 0 Å². The number of hydrogen-bond donors (Lipinski definition) is 2. The summed E-state index contributed by atoms with van der Waals surface area (Å²) < 4.78 is 41.6.